The van der Waals surface area contributed by atoms with Crippen molar-refractivity contribution >= 4 is 38.9 Å². The summed E-state index contributed by atoms with van der Waals surface area (Å²) >= 11 is 0. The SMILES string of the molecule is c1ccc(-c2ccc(-n3c4ccccc4c4ccc(N(c5ccccc5-c5ccccc5)c5c(-c6ccccc6)cccc5-c5ccccc5)cc43)cc2)cc1. The standard InChI is InChI=1S/C54H38N2/c1-5-18-39(19-6-1)40-32-34-44(35-33-40)55-52-31-16-14-27-49(52)50-37-36-45(38-53(50)55)56(51-30-15-13-26-46(51)41-20-7-2-8-21-41)54-47(42-22-9-3-10-23-42)28-17-29-48(54)43-24-11-4-12-25-43/h1-38H. The monoisotopic (exact) mass is 714 g/mol. The Morgan fingerprint density at radius 1 is 0.304 bits per heavy atom. The van der Waals surface area contributed by atoms with E-state index in [4.69, 9.17) is 0 Å². The van der Waals surface area contributed by atoms with E-state index in [0.29, 0.717) is 0 Å². The molecule has 2 heteroatoms. The maximum absolute atomic E-state index is 2.49. The van der Waals surface area contributed by atoms with Crippen molar-refractivity contribution in [3.63, 3.8) is 0 Å². The molecule has 56 heavy (non-hydrogen) atoms. The van der Waals surface area contributed by atoms with Crippen LogP contribution >= 0.6 is 0 Å². The summed E-state index contributed by atoms with van der Waals surface area (Å²) in [6, 6.07) is 83.2. The van der Waals surface area contributed by atoms with Crippen LogP contribution in [0, 0.1) is 0 Å². The largest absolute Gasteiger partial charge is 0.309 e. The Kier molecular flexibility index (Phi) is 8.55. The van der Waals surface area contributed by atoms with Gasteiger partial charge in [0.05, 0.1) is 22.4 Å². The second-order valence-electron chi connectivity index (χ2n) is 14.1. The first-order valence-corrected chi connectivity index (χ1v) is 19.2. The van der Waals surface area contributed by atoms with Gasteiger partial charge in [-0.3, -0.25) is 0 Å². The number of anilines is 3. The van der Waals surface area contributed by atoms with Gasteiger partial charge >= 0.3 is 0 Å². The summed E-state index contributed by atoms with van der Waals surface area (Å²) in [6.07, 6.45) is 0. The molecule has 0 radical (unpaired) electrons. The number of para-hydroxylation sites is 3. The highest BCUT2D eigenvalue weighted by atomic mass is 15.2. The molecule has 0 amide bonds. The Bertz CT molecular complexity index is 2870. The van der Waals surface area contributed by atoms with Crippen LogP contribution in [0.15, 0.2) is 231 Å². The fraction of sp³-hybridized carbons (Fsp3) is 0. The molecule has 0 aliphatic rings. The second-order valence-corrected chi connectivity index (χ2v) is 14.1. The average Bonchev–Trinajstić information content (AvgIpc) is 3.61. The molecule has 0 aliphatic carbocycles. The van der Waals surface area contributed by atoms with E-state index < -0.39 is 0 Å². The first-order valence-electron chi connectivity index (χ1n) is 19.2. The molecule has 9 aromatic carbocycles. The van der Waals surface area contributed by atoms with Crippen LogP contribution in [0.1, 0.15) is 0 Å². The molecule has 0 saturated carbocycles. The number of hydrogen-bond donors (Lipinski definition) is 0. The van der Waals surface area contributed by atoms with Crippen molar-refractivity contribution in [2.75, 3.05) is 4.90 Å². The number of fused-ring (bicyclic) bond motifs is 3. The van der Waals surface area contributed by atoms with Gasteiger partial charge in [-0.1, -0.05) is 194 Å². The summed E-state index contributed by atoms with van der Waals surface area (Å²) in [5.41, 5.74) is 16.1. The minimum Gasteiger partial charge on any atom is -0.309 e. The van der Waals surface area contributed by atoms with E-state index in [0.717, 1.165) is 56.1 Å². The zero-order valence-corrected chi connectivity index (χ0v) is 30.8. The fourth-order valence-electron chi connectivity index (χ4n) is 8.21. The Labute approximate surface area is 327 Å². The van der Waals surface area contributed by atoms with E-state index in [-0.39, 0.29) is 0 Å². The van der Waals surface area contributed by atoms with Crippen LogP contribution in [-0.2, 0) is 0 Å². The minimum absolute atomic E-state index is 1.08. The molecule has 0 N–H and O–H groups in total. The molecule has 0 bridgehead atoms. The molecule has 0 aliphatic heterocycles. The Morgan fingerprint density at radius 2 is 0.768 bits per heavy atom. The predicted octanol–water partition coefficient (Wildman–Crippen LogP) is 14.9. The molecular formula is C54H38N2. The highest BCUT2D eigenvalue weighted by Crippen LogP contribution is 2.50. The van der Waals surface area contributed by atoms with Crippen LogP contribution in [0.25, 0.3) is 72.0 Å². The van der Waals surface area contributed by atoms with Gasteiger partial charge in [0.1, 0.15) is 0 Å². The summed E-state index contributed by atoms with van der Waals surface area (Å²) < 4.78 is 2.42. The van der Waals surface area contributed by atoms with Gasteiger partial charge in [0.25, 0.3) is 0 Å². The van der Waals surface area contributed by atoms with E-state index in [1.54, 1.807) is 0 Å². The topological polar surface area (TPSA) is 8.17 Å². The highest BCUT2D eigenvalue weighted by molar-refractivity contribution is 6.11. The molecule has 0 atom stereocenters. The van der Waals surface area contributed by atoms with Gasteiger partial charge in [-0.2, -0.15) is 0 Å². The molecule has 0 spiro atoms. The number of benzene rings is 9. The lowest BCUT2D eigenvalue weighted by molar-refractivity contribution is 1.18. The maximum atomic E-state index is 2.49. The zero-order chi connectivity index (χ0) is 37.3. The number of rotatable bonds is 8. The molecule has 10 rings (SSSR count). The van der Waals surface area contributed by atoms with Crippen LogP contribution in [0.5, 0.6) is 0 Å². The second kappa shape index (κ2) is 14.4. The lowest BCUT2D eigenvalue weighted by Gasteiger charge is -2.32. The fourth-order valence-corrected chi connectivity index (χ4v) is 8.21. The zero-order valence-electron chi connectivity index (χ0n) is 30.8. The summed E-state index contributed by atoms with van der Waals surface area (Å²) in [7, 11) is 0. The van der Waals surface area contributed by atoms with Crippen LogP contribution in [0.3, 0.4) is 0 Å². The summed E-state index contributed by atoms with van der Waals surface area (Å²) in [4.78, 5) is 2.49. The van der Waals surface area contributed by atoms with Gasteiger partial charge in [0.15, 0.2) is 0 Å². The smallest absolute Gasteiger partial charge is 0.0618 e. The Hall–Kier alpha value is -7.42. The molecule has 0 fully saturated rings. The van der Waals surface area contributed by atoms with Crippen molar-refractivity contribution < 1.29 is 0 Å². The first kappa shape index (κ1) is 33.2. The van der Waals surface area contributed by atoms with E-state index in [1.165, 1.54) is 33.0 Å². The van der Waals surface area contributed by atoms with Crippen LogP contribution in [0.4, 0.5) is 17.1 Å². The molecule has 0 saturated heterocycles. The first-order chi connectivity index (χ1) is 27.8. The van der Waals surface area contributed by atoms with Crippen molar-refractivity contribution in [2.24, 2.45) is 0 Å². The van der Waals surface area contributed by atoms with E-state index in [1.807, 2.05) is 0 Å². The van der Waals surface area contributed by atoms with Gasteiger partial charge in [-0.05, 0) is 64.2 Å². The molecule has 2 nitrogen and oxygen atoms in total. The van der Waals surface area contributed by atoms with Gasteiger partial charge in [-0.15, -0.1) is 0 Å². The third kappa shape index (κ3) is 5.95. The van der Waals surface area contributed by atoms with Crippen molar-refractivity contribution in [1.29, 1.82) is 0 Å². The Balaban J connectivity index is 1.27. The minimum atomic E-state index is 1.08. The molecular weight excluding hydrogens is 677 g/mol. The van der Waals surface area contributed by atoms with Crippen molar-refractivity contribution in [3.8, 4) is 50.2 Å². The van der Waals surface area contributed by atoms with Crippen molar-refractivity contribution in [3.05, 3.63) is 231 Å². The third-order valence-electron chi connectivity index (χ3n) is 10.8. The normalized spacial score (nSPS) is 11.2. The lowest BCUT2D eigenvalue weighted by atomic mass is 9.93. The van der Waals surface area contributed by atoms with Gasteiger partial charge in [-0.25, -0.2) is 0 Å². The van der Waals surface area contributed by atoms with Gasteiger partial charge in [0, 0.05) is 38.8 Å². The van der Waals surface area contributed by atoms with Crippen LogP contribution < -0.4 is 4.90 Å². The lowest BCUT2D eigenvalue weighted by Crippen LogP contribution is -2.14. The molecule has 1 aromatic heterocycles. The van der Waals surface area contributed by atoms with Crippen LogP contribution in [-0.4, -0.2) is 4.57 Å². The number of nitrogens with zero attached hydrogens (tertiary/aromatic N) is 2. The molecule has 0 unspecified atom stereocenters. The van der Waals surface area contributed by atoms with E-state index in [2.05, 4.69) is 240 Å². The maximum Gasteiger partial charge on any atom is 0.0618 e. The number of aromatic nitrogens is 1. The summed E-state index contributed by atoms with van der Waals surface area (Å²) in [6.45, 7) is 0. The third-order valence-corrected chi connectivity index (χ3v) is 10.8. The molecule has 1 heterocycles. The van der Waals surface area contributed by atoms with E-state index >= 15 is 0 Å². The van der Waals surface area contributed by atoms with Crippen molar-refractivity contribution in [1.82, 2.24) is 4.57 Å². The van der Waals surface area contributed by atoms with Crippen molar-refractivity contribution in [2.45, 2.75) is 0 Å². The summed E-state index contributed by atoms with van der Waals surface area (Å²) in [5, 5.41) is 2.44. The quantitative estimate of drug-likeness (QED) is 0.152. The number of hydrogen-bond acceptors (Lipinski definition) is 1. The molecule has 264 valence electrons. The predicted molar refractivity (Wildman–Crippen MR) is 237 cm³/mol. The van der Waals surface area contributed by atoms with Crippen LogP contribution in [0.2, 0.25) is 0 Å². The molecule has 10 aromatic rings. The van der Waals surface area contributed by atoms with Gasteiger partial charge < -0.3 is 9.47 Å². The highest BCUT2D eigenvalue weighted by Gasteiger charge is 2.25. The Morgan fingerprint density at radius 3 is 1.39 bits per heavy atom. The van der Waals surface area contributed by atoms with E-state index in [9.17, 15) is 0 Å². The summed E-state index contributed by atoms with van der Waals surface area (Å²) in [5.74, 6) is 0. The average molecular weight is 715 g/mol. The van der Waals surface area contributed by atoms with Gasteiger partial charge in [0.2, 0.25) is 0 Å².